The van der Waals surface area contributed by atoms with Gasteiger partial charge in [0, 0.05) is 59.4 Å². The molecule has 0 atom stereocenters. The fourth-order valence-electron chi connectivity index (χ4n) is 4.36. The zero-order chi connectivity index (χ0) is 23.5. The van der Waals surface area contributed by atoms with Crippen molar-refractivity contribution in [1.82, 2.24) is 5.32 Å². The van der Waals surface area contributed by atoms with Crippen molar-refractivity contribution in [3.05, 3.63) is 87.1 Å². The molecule has 0 fully saturated rings. The van der Waals surface area contributed by atoms with Gasteiger partial charge >= 0.3 is 0 Å². The van der Waals surface area contributed by atoms with Crippen LogP contribution in [0.5, 0.6) is 5.75 Å². The van der Waals surface area contributed by atoms with Crippen LogP contribution in [0.15, 0.2) is 59.5 Å². The maximum Gasteiger partial charge on any atom is 0.115 e. The van der Waals surface area contributed by atoms with Gasteiger partial charge in [-0.2, -0.15) is 0 Å². The summed E-state index contributed by atoms with van der Waals surface area (Å²) in [6.45, 7) is 11.9. The molecule has 33 heavy (non-hydrogen) atoms. The SMILES string of the molecule is CCNC1=C[CH-]C2=C(c3c(Cl)cc(N(CC)CC)cc3Cl)c3ccc(NCC)cc3OC2=C1. The summed E-state index contributed by atoms with van der Waals surface area (Å²) in [7, 11) is 0. The van der Waals surface area contributed by atoms with Crippen LogP contribution in [-0.4, -0.2) is 26.2 Å². The lowest BCUT2D eigenvalue weighted by Gasteiger charge is -2.36. The van der Waals surface area contributed by atoms with Crippen molar-refractivity contribution in [3.8, 4) is 5.75 Å². The topological polar surface area (TPSA) is 36.5 Å². The Balaban J connectivity index is 1.91. The molecule has 6 heteroatoms. The fourth-order valence-corrected chi connectivity index (χ4v) is 5.02. The quantitative estimate of drug-likeness (QED) is 0.394. The molecule has 2 aromatic carbocycles. The third-order valence-corrected chi connectivity index (χ3v) is 6.49. The zero-order valence-electron chi connectivity index (χ0n) is 19.6. The van der Waals surface area contributed by atoms with Gasteiger partial charge in [0.1, 0.15) is 5.75 Å². The van der Waals surface area contributed by atoms with Crippen LogP contribution in [-0.2, 0) is 0 Å². The molecule has 0 spiro atoms. The Hall–Kier alpha value is -2.69. The zero-order valence-corrected chi connectivity index (χ0v) is 21.1. The number of ether oxygens (including phenoxy) is 1. The van der Waals surface area contributed by atoms with Gasteiger partial charge in [-0.3, -0.25) is 0 Å². The number of rotatable bonds is 8. The van der Waals surface area contributed by atoms with Gasteiger partial charge in [-0.05, 0) is 62.7 Å². The summed E-state index contributed by atoms with van der Waals surface area (Å²) in [5.41, 5.74) is 6.80. The first-order valence-electron chi connectivity index (χ1n) is 11.6. The number of halogens is 2. The molecule has 0 radical (unpaired) electrons. The molecule has 2 N–H and O–H groups in total. The van der Waals surface area contributed by atoms with Crippen LogP contribution < -0.4 is 20.3 Å². The van der Waals surface area contributed by atoms with Gasteiger partial charge in [-0.1, -0.05) is 46.5 Å². The fraction of sp³-hybridized carbons (Fsp3) is 0.296. The average molecular weight is 483 g/mol. The van der Waals surface area contributed by atoms with Crippen LogP contribution in [0.1, 0.15) is 38.8 Å². The van der Waals surface area contributed by atoms with Crippen molar-refractivity contribution in [1.29, 1.82) is 0 Å². The second-order valence-corrected chi connectivity index (χ2v) is 8.73. The highest BCUT2D eigenvalue weighted by atomic mass is 35.5. The van der Waals surface area contributed by atoms with Gasteiger partial charge in [0.25, 0.3) is 0 Å². The van der Waals surface area contributed by atoms with Crippen LogP contribution >= 0.6 is 23.2 Å². The molecule has 0 bridgehead atoms. The van der Waals surface area contributed by atoms with Crippen molar-refractivity contribution in [2.45, 2.75) is 27.7 Å². The monoisotopic (exact) mass is 482 g/mol. The molecule has 1 aliphatic heterocycles. The molecule has 0 unspecified atom stereocenters. The lowest BCUT2D eigenvalue weighted by atomic mass is 9.86. The molecule has 1 aliphatic carbocycles. The number of benzene rings is 2. The normalized spacial score (nSPS) is 14.4. The Kier molecular flexibility index (Phi) is 7.16. The summed E-state index contributed by atoms with van der Waals surface area (Å²) in [5.74, 6) is 1.56. The number of fused-ring (bicyclic) bond motifs is 2. The molecule has 2 aromatic rings. The Morgan fingerprint density at radius 1 is 0.939 bits per heavy atom. The molecule has 4 nitrogen and oxygen atoms in total. The van der Waals surface area contributed by atoms with Crippen molar-refractivity contribution < 1.29 is 4.74 Å². The number of allylic oxidation sites excluding steroid dienone is 3. The summed E-state index contributed by atoms with van der Waals surface area (Å²) in [6, 6.07) is 10.2. The summed E-state index contributed by atoms with van der Waals surface area (Å²) in [4.78, 5) is 2.24. The molecule has 0 amide bonds. The predicted octanol–water partition coefficient (Wildman–Crippen LogP) is 7.06. The molecule has 0 saturated carbocycles. The van der Waals surface area contributed by atoms with E-state index in [-0.39, 0.29) is 0 Å². The summed E-state index contributed by atoms with van der Waals surface area (Å²) < 4.78 is 6.38. The van der Waals surface area contributed by atoms with Crippen LogP contribution in [0.4, 0.5) is 11.4 Å². The van der Waals surface area contributed by atoms with E-state index in [1.165, 1.54) is 0 Å². The Morgan fingerprint density at radius 2 is 1.64 bits per heavy atom. The van der Waals surface area contributed by atoms with E-state index in [0.717, 1.165) is 77.0 Å². The number of hydrogen-bond acceptors (Lipinski definition) is 4. The molecule has 1 heterocycles. The molecule has 0 saturated heterocycles. The van der Waals surface area contributed by atoms with E-state index in [4.69, 9.17) is 27.9 Å². The number of likely N-dealkylation sites (N-methyl/N-ethyl adjacent to an activating group) is 1. The largest absolute Gasteiger partial charge is 0.502 e. The highest BCUT2D eigenvalue weighted by Crippen LogP contribution is 2.48. The lowest BCUT2D eigenvalue weighted by molar-refractivity contribution is 0.429. The Labute approximate surface area is 206 Å². The highest BCUT2D eigenvalue weighted by Gasteiger charge is 2.24. The Bertz CT molecular complexity index is 1120. The maximum atomic E-state index is 6.92. The smallest absolute Gasteiger partial charge is 0.115 e. The molecule has 0 aromatic heterocycles. The minimum absolute atomic E-state index is 0.629. The second kappa shape index (κ2) is 10.1. The Morgan fingerprint density at radius 3 is 2.27 bits per heavy atom. The molecular weight excluding hydrogens is 453 g/mol. The van der Waals surface area contributed by atoms with Crippen molar-refractivity contribution in [2.24, 2.45) is 0 Å². The van der Waals surface area contributed by atoms with Crippen LogP contribution in [0.25, 0.3) is 5.57 Å². The van der Waals surface area contributed by atoms with E-state index in [1.54, 1.807) is 0 Å². The van der Waals surface area contributed by atoms with Gasteiger partial charge in [-0.15, -0.1) is 12.5 Å². The summed E-state index contributed by atoms with van der Waals surface area (Å²) in [5, 5.41) is 7.99. The first kappa shape index (κ1) is 23.5. The maximum absolute atomic E-state index is 6.92. The number of nitrogens with one attached hydrogen (secondary N) is 2. The average Bonchev–Trinajstić information content (AvgIpc) is 2.79. The van der Waals surface area contributed by atoms with Crippen LogP contribution in [0, 0.1) is 6.42 Å². The summed E-state index contributed by atoms with van der Waals surface area (Å²) in [6.07, 6.45) is 6.18. The van der Waals surface area contributed by atoms with Crippen molar-refractivity contribution in [2.75, 3.05) is 36.4 Å². The first-order chi connectivity index (χ1) is 16.0. The molecule has 2 aliphatic rings. The van der Waals surface area contributed by atoms with Crippen LogP contribution in [0.2, 0.25) is 10.0 Å². The van der Waals surface area contributed by atoms with E-state index < -0.39 is 0 Å². The molecule has 4 rings (SSSR count). The van der Waals surface area contributed by atoms with Gasteiger partial charge in [-0.25, -0.2) is 0 Å². The molecular formula is C27H30Cl2N3O-. The van der Waals surface area contributed by atoms with Gasteiger partial charge in [0.15, 0.2) is 0 Å². The second-order valence-electron chi connectivity index (χ2n) is 7.92. The minimum atomic E-state index is 0.629. The van der Waals surface area contributed by atoms with Crippen molar-refractivity contribution >= 4 is 40.1 Å². The van der Waals surface area contributed by atoms with Gasteiger partial charge in [0.2, 0.25) is 0 Å². The van der Waals surface area contributed by atoms with E-state index in [0.29, 0.717) is 10.0 Å². The van der Waals surface area contributed by atoms with E-state index >= 15 is 0 Å². The van der Waals surface area contributed by atoms with Crippen molar-refractivity contribution in [3.63, 3.8) is 0 Å². The minimum Gasteiger partial charge on any atom is -0.502 e. The van der Waals surface area contributed by atoms with Gasteiger partial charge in [0.05, 0.1) is 0 Å². The third-order valence-electron chi connectivity index (χ3n) is 5.89. The number of nitrogens with zero attached hydrogens (tertiary/aromatic N) is 1. The lowest BCUT2D eigenvalue weighted by Crippen LogP contribution is -2.22. The third kappa shape index (κ3) is 4.55. The highest BCUT2D eigenvalue weighted by molar-refractivity contribution is 6.38. The summed E-state index contributed by atoms with van der Waals surface area (Å²) >= 11 is 13.8. The standard InChI is InChI=1S/C27H30Cl2N3O/c1-5-30-17-9-11-20-24(13-17)33-25-14-18(31-6-2)10-12-21(25)26(20)27-22(28)15-19(16-23(27)29)32(7-3)8-4/h9-16,30-31H,5-8H2,1-4H3/q-1. The van der Waals surface area contributed by atoms with Crippen LogP contribution in [0.3, 0.4) is 0 Å². The number of anilines is 2. The predicted molar refractivity (Wildman–Crippen MR) is 141 cm³/mol. The van der Waals surface area contributed by atoms with Gasteiger partial charge < -0.3 is 20.3 Å². The first-order valence-corrected chi connectivity index (χ1v) is 12.3. The number of hydrogen-bond donors (Lipinski definition) is 2. The van der Waals surface area contributed by atoms with E-state index in [1.807, 2.05) is 24.3 Å². The molecule has 174 valence electrons. The van der Waals surface area contributed by atoms with E-state index in [9.17, 15) is 0 Å². The van der Waals surface area contributed by atoms with E-state index in [2.05, 4.69) is 67.9 Å².